The first-order valence-corrected chi connectivity index (χ1v) is 9.64. The van der Waals surface area contributed by atoms with Gasteiger partial charge in [-0.2, -0.15) is 0 Å². The van der Waals surface area contributed by atoms with Crippen LogP contribution in [0.15, 0.2) is 54.6 Å². The number of aromatic carboxylic acids is 1. The molecule has 0 aliphatic carbocycles. The summed E-state index contributed by atoms with van der Waals surface area (Å²) < 4.78 is 18.8. The number of benzene rings is 2. The molecule has 1 aromatic heterocycles. The maximum atomic E-state index is 13.2. The number of rotatable bonds is 7. The smallest absolute Gasteiger partial charge is 0.348 e. The van der Waals surface area contributed by atoms with Crippen molar-refractivity contribution in [1.29, 1.82) is 0 Å². The van der Waals surface area contributed by atoms with Crippen molar-refractivity contribution in [2.24, 2.45) is 0 Å². The van der Waals surface area contributed by atoms with Crippen LogP contribution in [0, 0.1) is 12.7 Å². The average molecular weight is 399 g/mol. The monoisotopic (exact) mass is 399 g/mol. The lowest BCUT2D eigenvalue weighted by Crippen LogP contribution is -2.26. The van der Waals surface area contributed by atoms with E-state index in [-0.39, 0.29) is 16.8 Å². The Labute approximate surface area is 167 Å². The highest BCUT2D eigenvalue weighted by Crippen LogP contribution is 2.37. The van der Waals surface area contributed by atoms with E-state index in [1.807, 2.05) is 49.2 Å². The second-order valence-electron chi connectivity index (χ2n) is 6.65. The molecule has 146 valence electrons. The molecule has 1 unspecified atom stereocenters. The SMILES string of the molecule is COC(CN(C)c1cc(-c2ccc(F)cc2)sc1C(=O)O)c1ccc(C)cc1. The molecule has 1 heterocycles. The number of halogens is 1. The van der Waals surface area contributed by atoms with E-state index < -0.39 is 5.97 Å². The number of hydrogen-bond acceptors (Lipinski definition) is 4. The van der Waals surface area contributed by atoms with Gasteiger partial charge in [0.2, 0.25) is 0 Å². The van der Waals surface area contributed by atoms with E-state index in [0.717, 1.165) is 16.0 Å². The van der Waals surface area contributed by atoms with Gasteiger partial charge in [-0.05, 0) is 36.2 Å². The number of carbonyl (C=O) groups is 1. The molecule has 3 rings (SSSR count). The molecule has 0 aliphatic rings. The van der Waals surface area contributed by atoms with E-state index in [1.165, 1.54) is 29.0 Å². The lowest BCUT2D eigenvalue weighted by molar-refractivity contribution is 0.0702. The van der Waals surface area contributed by atoms with Crippen LogP contribution in [0.2, 0.25) is 0 Å². The second-order valence-corrected chi connectivity index (χ2v) is 7.70. The van der Waals surface area contributed by atoms with E-state index in [2.05, 4.69) is 0 Å². The van der Waals surface area contributed by atoms with Crippen LogP contribution in [0.25, 0.3) is 10.4 Å². The fourth-order valence-corrected chi connectivity index (χ4v) is 4.07. The van der Waals surface area contributed by atoms with Crippen LogP contribution in [-0.2, 0) is 4.74 Å². The molecule has 0 bridgehead atoms. The first-order valence-electron chi connectivity index (χ1n) is 8.82. The summed E-state index contributed by atoms with van der Waals surface area (Å²) in [6.45, 7) is 2.53. The Morgan fingerprint density at radius 1 is 1.18 bits per heavy atom. The Morgan fingerprint density at radius 2 is 1.82 bits per heavy atom. The van der Waals surface area contributed by atoms with Gasteiger partial charge in [0.25, 0.3) is 0 Å². The summed E-state index contributed by atoms with van der Waals surface area (Å²) in [5.74, 6) is -1.30. The van der Waals surface area contributed by atoms with E-state index >= 15 is 0 Å². The van der Waals surface area contributed by atoms with Crippen molar-refractivity contribution in [3.05, 3.63) is 76.4 Å². The Bertz CT molecular complexity index is 951. The van der Waals surface area contributed by atoms with Crippen molar-refractivity contribution in [3.63, 3.8) is 0 Å². The summed E-state index contributed by atoms with van der Waals surface area (Å²) in [4.78, 5) is 14.7. The highest BCUT2D eigenvalue weighted by molar-refractivity contribution is 7.18. The average Bonchev–Trinajstić information content (AvgIpc) is 3.13. The number of likely N-dealkylation sites (N-methyl/N-ethyl adjacent to an activating group) is 1. The third-order valence-electron chi connectivity index (χ3n) is 4.62. The predicted octanol–water partition coefficient (Wildman–Crippen LogP) is 5.38. The molecule has 4 nitrogen and oxygen atoms in total. The van der Waals surface area contributed by atoms with Crippen molar-refractivity contribution < 1.29 is 19.0 Å². The largest absolute Gasteiger partial charge is 0.477 e. The van der Waals surface area contributed by atoms with Gasteiger partial charge < -0.3 is 14.7 Å². The van der Waals surface area contributed by atoms with Crippen molar-refractivity contribution in [2.75, 3.05) is 25.6 Å². The molecule has 28 heavy (non-hydrogen) atoms. The third-order valence-corrected chi connectivity index (χ3v) is 5.78. The van der Waals surface area contributed by atoms with E-state index in [4.69, 9.17) is 4.74 Å². The van der Waals surface area contributed by atoms with Crippen LogP contribution in [0.1, 0.15) is 26.9 Å². The minimum atomic E-state index is -0.982. The van der Waals surface area contributed by atoms with Gasteiger partial charge in [-0.3, -0.25) is 0 Å². The van der Waals surface area contributed by atoms with Gasteiger partial charge in [0, 0.05) is 25.6 Å². The minimum Gasteiger partial charge on any atom is -0.477 e. The van der Waals surface area contributed by atoms with Crippen LogP contribution < -0.4 is 4.90 Å². The molecule has 3 aromatic rings. The van der Waals surface area contributed by atoms with Crippen LogP contribution in [0.4, 0.5) is 10.1 Å². The van der Waals surface area contributed by atoms with Gasteiger partial charge >= 0.3 is 5.97 Å². The van der Waals surface area contributed by atoms with E-state index in [0.29, 0.717) is 12.2 Å². The van der Waals surface area contributed by atoms with Gasteiger partial charge in [0.1, 0.15) is 10.7 Å². The minimum absolute atomic E-state index is 0.193. The Balaban J connectivity index is 1.89. The second kappa shape index (κ2) is 8.54. The normalized spacial score (nSPS) is 12.0. The molecular formula is C22H22FNO3S. The molecule has 1 N–H and O–H groups in total. The topological polar surface area (TPSA) is 49.8 Å². The summed E-state index contributed by atoms with van der Waals surface area (Å²) in [6, 6.07) is 16.0. The van der Waals surface area contributed by atoms with Gasteiger partial charge in [-0.25, -0.2) is 9.18 Å². The summed E-state index contributed by atoms with van der Waals surface area (Å²) in [7, 11) is 3.50. The molecule has 0 amide bonds. The maximum absolute atomic E-state index is 13.2. The number of hydrogen-bond donors (Lipinski definition) is 1. The van der Waals surface area contributed by atoms with Gasteiger partial charge in [0.15, 0.2) is 0 Å². The third kappa shape index (κ3) is 4.40. The standard InChI is InChI=1S/C22H22FNO3S/c1-14-4-6-15(7-5-14)19(27-3)13-24(2)18-12-20(28-21(18)22(25)26)16-8-10-17(23)11-9-16/h4-12,19H,13H2,1-3H3,(H,25,26). The van der Waals surface area contributed by atoms with Crippen LogP contribution in [0.5, 0.6) is 0 Å². The van der Waals surface area contributed by atoms with Gasteiger partial charge in [-0.1, -0.05) is 42.0 Å². The number of anilines is 1. The number of ether oxygens (including phenoxy) is 1. The molecule has 2 aromatic carbocycles. The lowest BCUT2D eigenvalue weighted by Gasteiger charge is -2.25. The zero-order valence-electron chi connectivity index (χ0n) is 16.0. The van der Waals surface area contributed by atoms with Gasteiger partial charge in [0.05, 0.1) is 11.8 Å². The van der Waals surface area contributed by atoms with E-state index in [1.54, 1.807) is 19.2 Å². The van der Waals surface area contributed by atoms with Crippen LogP contribution >= 0.6 is 11.3 Å². The van der Waals surface area contributed by atoms with Crippen LogP contribution in [0.3, 0.4) is 0 Å². The number of carboxylic acids is 1. The summed E-state index contributed by atoms with van der Waals surface area (Å²) in [6.07, 6.45) is -0.193. The van der Waals surface area contributed by atoms with Crippen LogP contribution in [-0.4, -0.2) is 31.8 Å². The van der Waals surface area contributed by atoms with Crippen molar-refractivity contribution >= 4 is 23.0 Å². The summed E-state index contributed by atoms with van der Waals surface area (Å²) in [5.41, 5.74) is 3.61. The van der Waals surface area contributed by atoms with Gasteiger partial charge in [-0.15, -0.1) is 11.3 Å². The molecule has 0 saturated carbocycles. The highest BCUT2D eigenvalue weighted by atomic mass is 32.1. The summed E-state index contributed by atoms with van der Waals surface area (Å²) in [5, 5.41) is 9.65. The fourth-order valence-electron chi connectivity index (χ4n) is 3.02. The fraction of sp³-hybridized carbons (Fsp3) is 0.227. The number of carboxylic acid groups (broad SMARTS) is 1. The summed E-state index contributed by atoms with van der Waals surface area (Å²) >= 11 is 1.18. The molecule has 0 fully saturated rings. The van der Waals surface area contributed by atoms with Crippen molar-refractivity contribution in [2.45, 2.75) is 13.0 Å². The first-order chi connectivity index (χ1) is 13.4. The number of aryl methyl sites for hydroxylation is 1. The Hall–Kier alpha value is -2.70. The molecule has 0 saturated heterocycles. The molecule has 1 atom stereocenters. The quantitative estimate of drug-likeness (QED) is 0.579. The predicted molar refractivity (Wildman–Crippen MR) is 111 cm³/mol. The van der Waals surface area contributed by atoms with Crippen molar-refractivity contribution in [1.82, 2.24) is 0 Å². The molecule has 0 radical (unpaired) electrons. The molecule has 0 spiro atoms. The maximum Gasteiger partial charge on any atom is 0.348 e. The number of methoxy groups -OCH3 is 1. The molecular weight excluding hydrogens is 377 g/mol. The number of thiophene rings is 1. The zero-order valence-corrected chi connectivity index (χ0v) is 16.8. The zero-order chi connectivity index (χ0) is 20.3. The Morgan fingerprint density at radius 3 is 2.39 bits per heavy atom. The highest BCUT2D eigenvalue weighted by Gasteiger charge is 2.22. The lowest BCUT2D eigenvalue weighted by atomic mass is 10.1. The van der Waals surface area contributed by atoms with E-state index in [9.17, 15) is 14.3 Å². The first kappa shape index (κ1) is 20.0. The molecule has 0 aliphatic heterocycles. The Kier molecular flexibility index (Phi) is 6.11. The molecule has 6 heteroatoms. The van der Waals surface area contributed by atoms with Crippen molar-refractivity contribution in [3.8, 4) is 10.4 Å². The number of nitrogens with zero attached hydrogens (tertiary/aromatic N) is 1.